The highest BCUT2D eigenvalue weighted by atomic mass is 79.9. The van der Waals surface area contributed by atoms with Crippen LogP contribution in [0.5, 0.6) is 0 Å². The van der Waals surface area contributed by atoms with E-state index in [1.165, 1.54) is 0 Å². The van der Waals surface area contributed by atoms with Gasteiger partial charge in [0.05, 0.1) is 21.9 Å². The predicted octanol–water partition coefficient (Wildman–Crippen LogP) is 3.62. The van der Waals surface area contributed by atoms with Gasteiger partial charge < -0.3 is 4.90 Å². The molecule has 1 rings (SSSR count). The first-order valence-corrected chi connectivity index (χ1v) is 6.44. The summed E-state index contributed by atoms with van der Waals surface area (Å²) in [7, 11) is 0. The number of hydrogen-bond acceptors (Lipinski definition) is 4. The summed E-state index contributed by atoms with van der Waals surface area (Å²) in [5, 5.41) is 19.7. The summed E-state index contributed by atoms with van der Waals surface area (Å²) in [5.41, 5.74) is 0.0101. The van der Waals surface area contributed by atoms with E-state index in [4.69, 9.17) is 5.26 Å². The molecule has 0 atom stereocenters. The summed E-state index contributed by atoms with van der Waals surface area (Å²) >= 11 is 2.94. The molecule has 0 aromatic heterocycles. The molecule has 0 unspecified atom stereocenters. The summed E-state index contributed by atoms with van der Waals surface area (Å²) in [4.78, 5) is 12.2. The number of nitrogens with zero attached hydrogens (tertiary/aromatic N) is 3. The first-order chi connectivity index (χ1) is 8.88. The van der Waals surface area contributed by atoms with Gasteiger partial charge in [-0.25, -0.2) is 4.39 Å². The van der Waals surface area contributed by atoms with Gasteiger partial charge in [0.25, 0.3) is 5.69 Å². The van der Waals surface area contributed by atoms with E-state index in [-0.39, 0.29) is 28.3 Å². The second-order valence-electron chi connectivity index (χ2n) is 4.21. The number of nitro benzene ring substituents is 1. The van der Waals surface area contributed by atoms with Crippen molar-refractivity contribution in [1.29, 1.82) is 5.26 Å². The number of nitro groups is 1. The number of halogens is 2. The number of nitriles is 1. The van der Waals surface area contributed by atoms with Crippen molar-refractivity contribution >= 4 is 27.3 Å². The molecule has 7 heteroatoms. The Kier molecular flexibility index (Phi) is 5.24. The van der Waals surface area contributed by atoms with Gasteiger partial charge >= 0.3 is 0 Å². The Morgan fingerprint density at radius 2 is 2.21 bits per heavy atom. The minimum atomic E-state index is -0.566. The van der Waals surface area contributed by atoms with Crippen molar-refractivity contribution in [2.24, 2.45) is 0 Å². The number of anilines is 1. The largest absolute Gasteiger partial charge is 0.362 e. The lowest BCUT2D eigenvalue weighted by Gasteiger charge is -2.27. The molecule has 0 saturated heterocycles. The minimum Gasteiger partial charge on any atom is -0.362 e. The van der Waals surface area contributed by atoms with Crippen LogP contribution in [0.2, 0.25) is 0 Å². The fraction of sp³-hybridized carbons (Fsp3) is 0.417. The zero-order valence-electron chi connectivity index (χ0n) is 10.6. The van der Waals surface area contributed by atoms with Crippen LogP contribution in [-0.2, 0) is 0 Å². The van der Waals surface area contributed by atoms with Gasteiger partial charge in [0.2, 0.25) is 0 Å². The molecule has 1 aromatic rings. The molecule has 0 radical (unpaired) electrons. The number of hydrogen-bond donors (Lipinski definition) is 0. The van der Waals surface area contributed by atoms with Crippen LogP contribution in [-0.4, -0.2) is 17.5 Å². The Balaban J connectivity index is 3.32. The van der Waals surface area contributed by atoms with Crippen molar-refractivity contribution in [3.63, 3.8) is 0 Å². The van der Waals surface area contributed by atoms with Crippen molar-refractivity contribution in [2.75, 3.05) is 11.4 Å². The Bertz CT molecular complexity index is 528. The molecule has 0 spiro atoms. The molecule has 19 heavy (non-hydrogen) atoms. The zero-order valence-corrected chi connectivity index (χ0v) is 12.1. The summed E-state index contributed by atoms with van der Waals surface area (Å²) in [6, 6.07) is 4.18. The van der Waals surface area contributed by atoms with Crippen LogP contribution < -0.4 is 4.90 Å². The molecule has 0 saturated carbocycles. The van der Waals surface area contributed by atoms with E-state index >= 15 is 0 Å². The lowest BCUT2D eigenvalue weighted by atomic mass is 10.2. The molecular weight excluding hydrogens is 317 g/mol. The van der Waals surface area contributed by atoms with E-state index in [0.717, 1.165) is 12.1 Å². The Morgan fingerprint density at radius 3 is 2.68 bits per heavy atom. The average molecular weight is 330 g/mol. The molecule has 0 N–H and O–H groups in total. The molecule has 0 fully saturated rings. The fourth-order valence-corrected chi connectivity index (χ4v) is 2.06. The van der Waals surface area contributed by atoms with Gasteiger partial charge in [-0.05, 0) is 29.8 Å². The lowest BCUT2D eigenvalue weighted by Crippen LogP contribution is -2.32. The van der Waals surface area contributed by atoms with Crippen molar-refractivity contribution < 1.29 is 9.31 Å². The van der Waals surface area contributed by atoms with Gasteiger partial charge in [0.15, 0.2) is 0 Å². The molecule has 1 aromatic carbocycles. The van der Waals surface area contributed by atoms with E-state index in [9.17, 15) is 14.5 Å². The molecule has 0 aliphatic carbocycles. The third-order valence-corrected chi connectivity index (χ3v) is 3.22. The summed E-state index contributed by atoms with van der Waals surface area (Å²) < 4.78 is 13.7. The predicted molar refractivity (Wildman–Crippen MR) is 73.5 cm³/mol. The summed E-state index contributed by atoms with van der Waals surface area (Å²) in [6.07, 6.45) is 0.215. The van der Waals surface area contributed by atoms with Gasteiger partial charge in [-0.3, -0.25) is 10.1 Å². The zero-order chi connectivity index (χ0) is 14.6. The Morgan fingerprint density at radius 1 is 1.58 bits per heavy atom. The van der Waals surface area contributed by atoms with Crippen LogP contribution >= 0.6 is 15.9 Å². The van der Waals surface area contributed by atoms with Crippen LogP contribution in [0.15, 0.2) is 16.6 Å². The molecule has 0 bridgehead atoms. The first kappa shape index (κ1) is 15.4. The molecule has 0 aliphatic heterocycles. The maximum atomic E-state index is 13.6. The average Bonchev–Trinajstić information content (AvgIpc) is 2.32. The highest BCUT2D eigenvalue weighted by Gasteiger charge is 2.23. The van der Waals surface area contributed by atoms with Crippen molar-refractivity contribution in [1.82, 2.24) is 0 Å². The van der Waals surface area contributed by atoms with Crippen LogP contribution in [0.4, 0.5) is 15.8 Å². The van der Waals surface area contributed by atoms with E-state index in [1.54, 1.807) is 4.90 Å². The molecule has 0 aliphatic rings. The third kappa shape index (κ3) is 3.64. The Labute approximate surface area is 118 Å². The topological polar surface area (TPSA) is 70.2 Å². The van der Waals surface area contributed by atoms with E-state index in [2.05, 4.69) is 15.9 Å². The lowest BCUT2D eigenvalue weighted by molar-refractivity contribution is -0.384. The van der Waals surface area contributed by atoms with E-state index in [1.807, 2.05) is 19.9 Å². The van der Waals surface area contributed by atoms with E-state index in [0.29, 0.717) is 6.54 Å². The molecular formula is C12H13BrFN3O2. The highest BCUT2D eigenvalue weighted by molar-refractivity contribution is 9.10. The summed E-state index contributed by atoms with van der Waals surface area (Å²) in [5.74, 6) is -0.566. The highest BCUT2D eigenvalue weighted by Crippen LogP contribution is 2.34. The van der Waals surface area contributed by atoms with Gasteiger partial charge in [0, 0.05) is 24.7 Å². The van der Waals surface area contributed by atoms with Crippen LogP contribution in [0.3, 0.4) is 0 Å². The maximum absolute atomic E-state index is 13.6. The second-order valence-corrected chi connectivity index (χ2v) is 5.06. The minimum absolute atomic E-state index is 0.0481. The molecule has 5 nitrogen and oxygen atoms in total. The summed E-state index contributed by atoms with van der Waals surface area (Å²) in [6.45, 7) is 3.98. The fourth-order valence-electron chi connectivity index (χ4n) is 1.73. The van der Waals surface area contributed by atoms with Crippen molar-refractivity contribution in [2.45, 2.75) is 26.3 Å². The maximum Gasteiger partial charge on any atom is 0.293 e. The second kappa shape index (κ2) is 6.48. The Hall–Kier alpha value is -1.68. The first-order valence-electron chi connectivity index (χ1n) is 5.65. The van der Waals surface area contributed by atoms with Crippen molar-refractivity contribution in [3.8, 4) is 6.07 Å². The molecule has 102 valence electrons. The molecule has 0 heterocycles. The smallest absolute Gasteiger partial charge is 0.293 e. The van der Waals surface area contributed by atoms with Gasteiger partial charge in [-0.2, -0.15) is 5.26 Å². The van der Waals surface area contributed by atoms with Crippen LogP contribution in [0, 0.1) is 27.3 Å². The van der Waals surface area contributed by atoms with Crippen molar-refractivity contribution in [3.05, 3.63) is 32.5 Å². The van der Waals surface area contributed by atoms with Gasteiger partial charge in [0.1, 0.15) is 11.5 Å². The third-order valence-electron chi connectivity index (χ3n) is 2.61. The van der Waals surface area contributed by atoms with Gasteiger partial charge in [-0.1, -0.05) is 0 Å². The number of benzene rings is 1. The van der Waals surface area contributed by atoms with Gasteiger partial charge in [-0.15, -0.1) is 0 Å². The van der Waals surface area contributed by atoms with E-state index < -0.39 is 10.7 Å². The standard InChI is InChI=1S/C12H13BrFN3O2/c1-8(2)16(5-3-4-15)11-7-10(14)9(13)6-12(11)17(18)19/h6-8H,3,5H2,1-2H3. The quantitative estimate of drug-likeness (QED) is 0.611. The monoisotopic (exact) mass is 329 g/mol. The normalized spacial score (nSPS) is 10.3. The van der Waals surface area contributed by atoms with Crippen LogP contribution in [0.25, 0.3) is 0 Å². The molecule has 0 amide bonds. The number of rotatable bonds is 5. The van der Waals surface area contributed by atoms with Crippen LogP contribution in [0.1, 0.15) is 20.3 Å². The SMILES string of the molecule is CC(C)N(CCC#N)c1cc(F)c(Br)cc1[N+](=O)[O-].